The molecule has 0 fully saturated rings. The van der Waals surface area contributed by atoms with Crippen molar-refractivity contribution in [1.82, 2.24) is 9.55 Å². The van der Waals surface area contributed by atoms with Crippen LogP contribution in [-0.4, -0.2) is 29.2 Å². The predicted octanol–water partition coefficient (Wildman–Crippen LogP) is 4.69. The highest BCUT2D eigenvalue weighted by Crippen LogP contribution is 2.44. The van der Waals surface area contributed by atoms with Gasteiger partial charge in [-0.3, -0.25) is 9.59 Å². The highest BCUT2D eigenvalue weighted by Gasteiger charge is 2.26. The summed E-state index contributed by atoms with van der Waals surface area (Å²) in [4.78, 5) is 29.0. The van der Waals surface area contributed by atoms with E-state index in [0.717, 1.165) is 39.1 Å². The van der Waals surface area contributed by atoms with Gasteiger partial charge in [0.05, 0.1) is 13.7 Å². The highest BCUT2D eigenvalue weighted by atomic mass is 19.1. The summed E-state index contributed by atoms with van der Waals surface area (Å²) in [7, 11) is 3.26. The van der Waals surface area contributed by atoms with Crippen LogP contribution < -0.4 is 15.8 Å². The Labute approximate surface area is 195 Å². The molecule has 0 atom stereocenters. The molecular weight excluding hydrogens is 435 g/mol. The van der Waals surface area contributed by atoms with Crippen molar-refractivity contribution >= 4 is 33.9 Å². The molecule has 34 heavy (non-hydrogen) atoms. The van der Waals surface area contributed by atoms with Crippen molar-refractivity contribution in [3.8, 4) is 11.1 Å². The van der Waals surface area contributed by atoms with Crippen molar-refractivity contribution in [2.45, 2.75) is 19.4 Å². The molecule has 1 aliphatic rings. The summed E-state index contributed by atoms with van der Waals surface area (Å²) in [5, 5.41) is 4.30. The van der Waals surface area contributed by atoms with E-state index in [0.29, 0.717) is 31.4 Å². The zero-order valence-electron chi connectivity index (χ0n) is 19.0. The number of carbonyl (C=O) groups excluding carboxylic acids is 1. The number of benzene rings is 2. The Hall–Kier alpha value is -4.07. The number of ether oxygens (including phenoxy) is 1. The zero-order valence-corrected chi connectivity index (χ0v) is 19.0. The van der Waals surface area contributed by atoms with Crippen molar-refractivity contribution in [3.05, 3.63) is 76.6 Å². The summed E-state index contributed by atoms with van der Waals surface area (Å²) in [6.45, 7) is 1.14. The number of hydrogen-bond donors (Lipinski definition) is 2. The van der Waals surface area contributed by atoms with Crippen LogP contribution in [0.5, 0.6) is 0 Å². The first-order valence-electron chi connectivity index (χ1n) is 11.1. The number of nitrogens with zero attached hydrogens (tertiary/aromatic N) is 2. The van der Waals surface area contributed by atoms with Gasteiger partial charge in [-0.25, -0.2) is 4.39 Å². The van der Waals surface area contributed by atoms with Gasteiger partial charge in [0.15, 0.2) is 0 Å². The molecule has 0 saturated carbocycles. The maximum absolute atomic E-state index is 13.6. The van der Waals surface area contributed by atoms with E-state index in [4.69, 9.17) is 4.74 Å². The monoisotopic (exact) mass is 460 g/mol. The number of rotatable bonds is 6. The van der Waals surface area contributed by atoms with Gasteiger partial charge in [-0.2, -0.15) is 0 Å². The molecule has 174 valence electrons. The first-order valence-corrected chi connectivity index (χ1v) is 11.1. The third-order valence-corrected chi connectivity index (χ3v) is 6.25. The van der Waals surface area contributed by atoms with E-state index < -0.39 is 0 Å². The maximum Gasteiger partial charge on any atom is 0.305 e. The van der Waals surface area contributed by atoms with E-state index in [1.807, 2.05) is 29.9 Å². The molecule has 0 aliphatic carbocycles. The molecule has 4 aromatic rings. The van der Waals surface area contributed by atoms with Crippen LogP contribution >= 0.6 is 0 Å². The molecule has 7 nitrogen and oxygen atoms in total. The Morgan fingerprint density at radius 2 is 1.97 bits per heavy atom. The Morgan fingerprint density at radius 3 is 2.74 bits per heavy atom. The average molecular weight is 461 g/mol. The number of aromatic nitrogens is 2. The lowest BCUT2D eigenvalue weighted by atomic mass is 10.0. The van der Waals surface area contributed by atoms with Crippen LogP contribution in [0.2, 0.25) is 0 Å². The molecule has 8 heteroatoms. The first-order chi connectivity index (χ1) is 16.5. The van der Waals surface area contributed by atoms with Gasteiger partial charge in [0, 0.05) is 66.0 Å². The lowest BCUT2D eigenvalue weighted by Crippen LogP contribution is -2.18. The number of esters is 1. The number of nitrogens with one attached hydrogen (secondary N) is 2. The van der Waals surface area contributed by atoms with E-state index in [-0.39, 0.29) is 17.3 Å². The van der Waals surface area contributed by atoms with Crippen LogP contribution in [0.1, 0.15) is 18.4 Å². The third kappa shape index (κ3) is 3.81. The van der Waals surface area contributed by atoms with E-state index >= 15 is 0 Å². The second-order valence-corrected chi connectivity index (χ2v) is 8.42. The molecule has 0 saturated heterocycles. The first kappa shape index (κ1) is 21.8. The van der Waals surface area contributed by atoms with Crippen LogP contribution in [0.4, 0.5) is 21.5 Å². The molecule has 0 spiro atoms. The fraction of sp³-hybridized carbons (Fsp3) is 0.231. The molecule has 2 aromatic carbocycles. The SMILES string of the molecule is COC(=O)CCCNc1ccc2c(c1)-c1cn(C)c3c(=O)[nH]cc(c13)CN2c1ccc(F)cc1. The smallest absolute Gasteiger partial charge is 0.305 e. The number of carbonyl (C=O) groups is 1. The minimum Gasteiger partial charge on any atom is -0.469 e. The fourth-order valence-corrected chi connectivity index (χ4v) is 4.62. The molecule has 0 amide bonds. The van der Waals surface area contributed by atoms with Crippen molar-refractivity contribution in [2.75, 3.05) is 23.9 Å². The third-order valence-electron chi connectivity index (χ3n) is 6.25. The molecule has 5 rings (SSSR count). The Morgan fingerprint density at radius 1 is 1.18 bits per heavy atom. The van der Waals surface area contributed by atoms with Crippen molar-refractivity contribution in [2.24, 2.45) is 7.05 Å². The lowest BCUT2D eigenvalue weighted by Gasteiger charge is -2.26. The van der Waals surface area contributed by atoms with Gasteiger partial charge in [0.1, 0.15) is 11.3 Å². The van der Waals surface area contributed by atoms with Crippen molar-refractivity contribution in [1.29, 1.82) is 0 Å². The maximum atomic E-state index is 13.6. The van der Waals surface area contributed by atoms with Gasteiger partial charge < -0.3 is 24.5 Å². The van der Waals surface area contributed by atoms with E-state index in [2.05, 4.69) is 21.3 Å². The number of anilines is 3. The van der Waals surface area contributed by atoms with Crippen LogP contribution in [0.15, 0.2) is 59.7 Å². The van der Waals surface area contributed by atoms with E-state index in [9.17, 15) is 14.0 Å². The number of aryl methyl sites for hydroxylation is 1. The van der Waals surface area contributed by atoms with Crippen LogP contribution in [-0.2, 0) is 23.1 Å². The molecule has 1 aliphatic heterocycles. The molecule has 3 heterocycles. The van der Waals surface area contributed by atoms with Gasteiger partial charge >= 0.3 is 5.97 Å². The topological polar surface area (TPSA) is 79.4 Å². The van der Waals surface area contributed by atoms with E-state index in [1.54, 1.807) is 18.3 Å². The molecule has 2 aromatic heterocycles. The minimum absolute atomic E-state index is 0.138. The van der Waals surface area contributed by atoms with Gasteiger partial charge in [0.25, 0.3) is 5.56 Å². The number of H-pyrrole nitrogens is 1. The number of fused-ring (bicyclic) bond motifs is 2. The Bertz CT molecular complexity index is 1440. The fourth-order valence-electron chi connectivity index (χ4n) is 4.62. The van der Waals surface area contributed by atoms with Gasteiger partial charge in [0.2, 0.25) is 0 Å². The Balaban J connectivity index is 1.61. The predicted molar refractivity (Wildman–Crippen MR) is 131 cm³/mol. The Kier molecular flexibility index (Phi) is 5.57. The summed E-state index contributed by atoms with van der Waals surface area (Å²) < 4.78 is 20.2. The van der Waals surface area contributed by atoms with Crippen molar-refractivity contribution in [3.63, 3.8) is 0 Å². The number of halogens is 1. The quantitative estimate of drug-likeness (QED) is 0.322. The minimum atomic E-state index is -0.291. The second-order valence-electron chi connectivity index (χ2n) is 8.42. The van der Waals surface area contributed by atoms with Gasteiger partial charge in [-0.05, 0) is 54.4 Å². The molecule has 0 radical (unpaired) electrons. The average Bonchev–Trinajstić information content (AvgIpc) is 3.13. The summed E-state index contributed by atoms with van der Waals surface area (Å²) in [5.41, 5.74) is 6.13. The summed E-state index contributed by atoms with van der Waals surface area (Å²) in [6, 6.07) is 12.5. The zero-order chi connectivity index (χ0) is 23.8. The number of pyridine rings is 1. The van der Waals surface area contributed by atoms with Crippen LogP contribution in [0, 0.1) is 5.82 Å². The molecule has 0 bridgehead atoms. The molecule has 2 N–H and O–H groups in total. The lowest BCUT2D eigenvalue weighted by molar-refractivity contribution is -0.140. The van der Waals surface area contributed by atoms with Crippen molar-refractivity contribution < 1.29 is 13.9 Å². The number of methoxy groups -OCH3 is 1. The molecule has 0 unspecified atom stereocenters. The number of hydrogen-bond acceptors (Lipinski definition) is 5. The largest absolute Gasteiger partial charge is 0.469 e. The van der Waals surface area contributed by atoms with Crippen LogP contribution in [0.25, 0.3) is 22.0 Å². The van der Waals surface area contributed by atoms with E-state index in [1.165, 1.54) is 19.2 Å². The summed E-state index contributed by atoms with van der Waals surface area (Å²) in [5.74, 6) is -0.521. The number of aromatic amines is 1. The summed E-state index contributed by atoms with van der Waals surface area (Å²) >= 11 is 0. The molecular formula is C26H25FN4O3. The standard InChI is InChI=1S/C26H25FN4O3/c1-30-15-21-20-12-18(28-11-3-4-23(32)34-2)7-10-22(20)31(19-8-5-17(27)6-9-19)14-16-13-29-26(33)25(30)24(16)21/h5-10,12-13,15,28H,3-4,11,14H2,1-2H3,(H,29,33). The summed E-state index contributed by atoms with van der Waals surface area (Å²) in [6.07, 6.45) is 4.75. The highest BCUT2D eigenvalue weighted by molar-refractivity contribution is 6.03. The normalized spacial score (nSPS) is 12.4. The van der Waals surface area contributed by atoms with Crippen LogP contribution in [0.3, 0.4) is 0 Å². The van der Waals surface area contributed by atoms with Gasteiger partial charge in [-0.1, -0.05) is 0 Å². The second kappa shape index (κ2) is 8.70. The van der Waals surface area contributed by atoms with Gasteiger partial charge in [-0.15, -0.1) is 0 Å².